The first-order valence-corrected chi connectivity index (χ1v) is 6.75. The molecule has 0 aliphatic heterocycles. The monoisotopic (exact) mass is 237 g/mol. The molecule has 0 amide bonds. The van der Waals surface area contributed by atoms with Crippen molar-refractivity contribution in [1.82, 2.24) is 9.78 Å². The fourth-order valence-electron chi connectivity index (χ4n) is 2.72. The number of hydrogen-bond acceptors (Lipinski definition) is 2. The van der Waals surface area contributed by atoms with Crippen LogP contribution in [-0.2, 0) is 6.54 Å². The van der Waals surface area contributed by atoms with E-state index in [1.165, 1.54) is 5.56 Å². The SMILES string of the molecule is CCCn1cc(C(N)C(C(C)C)C(C)C)cn1. The third-order valence-electron chi connectivity index (χ3n) is 3.45. The maximum Gasteiger partial charge on any atom is 0.0537 e. The quantitative estimate of drug-likeness (QED) is 0.825. The Bertz CT molecular complexity index is 320. The Labute approximate surface area is 105 Å². The summed E-state index contributed by atoms with van der Waals surface area (Å²) < 4.78 is 1.99. The molecule has 1 heterocycles. The fourth-order valence-corrected chi connectivity index (χ4v) is 2.72. The number of aromatic nitrogens is 2. The number of nitrogens with two attached hydrogens (primary N) is 1. The summed E-state index contributed by atoms with van der Waals surface area (Å²) in [5, 5.41) is 4.36. The van der Waals surface area contributed by atoms with E-state index < -0.39 is 0 Å². The van der Waals surface area contributed by atoms with Gasteiger partial charge >= 0.3 is 0 Å². The molecule has 0 saturated heterocycles. The highest BCUT2D eigenvalue weighted by Crippen LogP contribution is 2.31. The van der Waals surface area contributed by atoms with Crippen LogP contribution in [0.4, 0.5) is 0 Å². The molecule has 1 rings (SSSR count). The number of rotatable bonds is 6. The van der Waals surface area contributed by atoms with Gasteiger partial charge in [-0.2, -0.15) is 5.10 Å². The highest BCUT2D eigenvalue weighted by atomic mass is 15.3. The summed E-state index contributed by atoms with van der Waals surface area (Å²) in [6.07, 6.45) is 5.14. The van der Waals surface area contributed by atoms with E-state index in [1.807, 2.05) is 10.9 Å². The van der Waals surface area contributed by atoms with Crippen LogP contribution in [-0.4, -0.2) is 9.78 Å². The Hall–Kier alpha value is -0.830. The van der Waals surface area contributed by atoms with Crippen molar-refractivity contribution < 1.29 is 0 Å². The summed E-state index contributed by atoms with van der Waals surface area (Å²) in [4.78, 5) is 0. The lowest BCUT2D eigenvalue weighted by Gasteiger charge is -2.30. The molecule has 0 radical (unpaired) electrons. The molecule has 2 N–H and O–H groups in total. The van der Waals surface area contributed by atoms with Gasteiger partial charge in [-0.25, -0.2) is 0 Å². The van der Waals surface area contributed by atoms with Crippen LogP contribution in [0.1, 0.15) is 52.6 Å². The standard InChI is InChI=1S/C14H27N3/c1-6-7-17-9-12(8-16-17)14(15)13(10(2)3)11(4)5/h8-11,13-14H,6-7,15H2,1-5H3. The van der Waals surface area contributed by atoms with Gasteiger partial charge in [0.05, 0.1) is 6.20 Å². The van der Waals surface area contributed by atoms with Crippen molar-refractivity contribution in [1.29, 1.82) is 0 Å². The second kappa shape index (κ2) is 6.20. The molecule has 1 aromatic rings. The molecule has 3 heteroatoms. The molecule has 0 aliphatic rings. The predicted molar refractivity (Wildman–Crippen MR) is 72.6 cm³/mol. The molecule has 0 bridgehead atoms. The van der Waals surface area contributed by atoms with E-state index in [0.717, 1.165) is 13.0 Å². The van der Waals surface area contributed by atoms with Crippen molar-refractivity contribution in [3.05, 3.63) is 18.0 Å². The van der Waals surface area contributed by atoms with Gasteiger partial charge in [0.25, 0.3) is 0 Å². The molecule has 1 unspecified atom stereocenters. The summed E-state index contributed by atoms with van der Waals surface area (Å²) in [6, 6.07) is 0.0978. The maximum absolute atomic E-state index is 6.40. The van der Waals surface area contributed by atoms with Crippen molar-refractivity contribution >= 4 is 0 Å². The second-order valence-corrected chi connectivity index (χ2v) is 5.63. The summed E-state index contributed by atoms with van der Waals surface area (Å²) in [5.74, 6) is 1.70. The molecular formula is C14H27N3. The van der Waals surface area contributed by atoms with Gasteiger partial charge in [-0.1, -0.05) is 34.6 Å². The van der Waals surface area contributed by atoms with E-state index >= 15 is 0 Å². The molecule has 3 nitrogen and oxygen atoms in total. The summed E-state index contributed by atoms with van der Waals surface area (Å²) in [6.45, 7) is 12.1. The highest BCUT2D eigenvalue weighted by molar-refractivity contribution is 5.11. The third-order valence-corrected chi connectivity index (χ3v) is 3.45. The minimum absolute atomic E-state index is 0.0978. The van der Waals surface area contributed by atoms with E-state index in [0.29, 0.717) is 17.8 Å². The molecule has 0 spiro atoms. The smallest absolute Gasteiger partial charge is 0.0537 e. The molecule has 1 atom stereocenters. The van der Waals surface area contributed by atoms with Crippen LogP contribution in [0.15, 0.2) is 12.4 Å². The van der Waals surface area contributed by atoms with E-state index in [-0.39, 0.29) is 6.04 Å². The van der Waals surface area contributed by atoms with E-state index in [9.17, 15) is 0 Å². The van der Waals surface area contributed by atoms with Crippen LogP contribution in [0.2, 0.25) is 0 Å². The van der Waals surface area contributed by atoms with E-state index in [1.54, 1.807) is 0 Å². The van der Waals surface area contributed by atoms with Gasteiger partial charge in [-0.15, -0.1) is 0 Å². The van der Waals surface area contributed by atoms with Crippen molar-refractivity contribution in [2.45, 2.75) is 53.6 Å². The van der Waals surface area contributed by atoms with Crippen LogP contribution in [0.3, 0.4) is 0 Å². The minimum atomic E-state index is 0.0978. The van der Waals surface area contributed by atoms with Gasteiger partial charge in [0.15, 0.2) is 0 Å². The topological polar surface area (TPSA) is 43.8 Å². The largest absolute Gasteiger partial charge is 0.324 e. The van der Waals surface area contributed by atoms with Gasteiger partial charge in [-0.3, -0.25) is 4.68 Å². The molecular weight excluding hydrogens is 210 g/mol. The maximum atomic E-state index is 6.40. The van der Waals surface area contributed by atoms with Crippen LogP contribution >= 0.6 is 0 Å². The van der Waals surface area contributed by atoms with Gasteiger partial charge < -0.3 is 5.73 Å². The van der Waals surface area contributed by atoms with Gasteiger partial charge in [-0.05, 0) is 24.2 Å². The second-order valence-electron chi connectivity index (χ2n) is 5.63. The third kappa shape index (κ3) is 3.56. The Morgan fingerprint density at radius 1 is 1.24 bits per heavy atom. The summed E-state index contributed by atoms with van der Waals surface area (Å²) in [5.41, 5.74) is 7.57. The van der Waals surface area contributed by atoms with Crippen LogP contribution in [0.25, 0.3) is 0 Å². The molecule has 98 valence electrons. The van der Waals surface area contributed by atoms with Gasteiger partial charge in [0, 0.05) is 24.3 Å². The first kappa shape index (κ1) is 14.2. The first-order chi connectivity index (χ1) is 7.97. The average Bonchev–Trinajstić information content (AvgIpc) is 2.65. The van der Waals surface area contributed by atoms with Crippen LogP contribution < -0.4 is 5.73 Å². The normalized spacial score (nSPS) is 13.9. The van der Waals surface area contributed by atoms with Crippen LogP contribution in [0.5, 0.6) is 0 Å². The molecule has 0 aromatic carbocycles. The van der Waals surface area contributed by atoms with Crippen molar-refractivity contribution in [3.63, 3.8) is 0 Å². The fraction of sp³-hybridized carbons (Fsp3) is 0.786. The average molecular weight is 237 g/mol. The lowest BCUT2D eigenvalue weighted by atomic mass is 9.78. The Morgan fingerprint density at radius 3 is 2.29 bits per heavy atom. The molecule has 1 aromatic heterocycles. The summed E-state index contributed by atoms with van der Waals surface area (Å²) >= 11 is 0. The van der Waals surface area contributed by atoms with Gasteiger partial charge in [0.2, 0.25) is 0 Å². The number of nitrogens with zero attached hydrogens (tertiary/aromatic N) is 2. The zero-order valence-corrected chi connectivity index (χ0v) is 11.9. The molecule has 17 heavy (non-hydrogen) atoms. The van der Waals surface area contributed by atoms with Gasteiger partial charge in [0.1, 0.15) is 0 Å². The minimum Gasteiger partial charge on any atom is -0.324 e. The van der Waals surface area contributed by atoms with Crippen LogP contribution in [0, 0.1) is 17.8 Å². The summed E-state index contributed by atoms with van der Waals surface area (Å²) in [7, 11) is 0. The molecule has 0 fully saturated rings. The predicted octanol–water partition coefficient (Wildman–Crippen LogP) is 3.22. The zero-order chi connectivity index (χ0) is 13.0. The molecule has 0 aliphatic carbocycles. The Kier molecular flexibility index (Phi) is 5.19. The van der Waals surface area contributed by atoms with E-state index in [4.69, 9.17) is 5.73 Å². The zero-order valence-electron chi connectivity index (χ0n) is 11.9. The highest BCUT2D eigenvalue weighted by Gasteiger charge is 2.26. The van der Waals surface area contributed by atoms with Crippen molar-refractivity contribution in [2.75, 3.05) is 0 Å². The Morgan fingerprint density at radius 2 is 1.82 bits per heavy atom. The Balaban J connectivity index is 2.81. The lowest BCUT2D eigenvalue weighted by Crippen LogP contribution is -2.29. The number of hydrogen-bond donors (Lipinski definition) is 1. The first-order valence-electron chi connectivity index (χ1n) is 6.75. The molecule has 0 saturated carbocycles. The van der Waals surface area contributed by atoms with E-state index in [2.05, 4.69) is 45.9 Å². The van der Waals surface area contributed by atoms with Crippen molar-refractivity contribution in [2.24, 2.45) is 23.5 Å². The number of aryl methyl sites for hydroxylation is 1. The van der Waals surface area contributed by atoms with Crippen molar-refractivity contribution in [3.8, 4) is 0 Å². The lowest BCUT2D eigenvalue weighted by molar-refractivity contribution is 0.240.